The van der Waals surface area contributed by atoms with Crippen LogP contribution in [0.25, 0.3) is 5.65 Å². The van der Waals surface area contributed by atoms with Crippen molar-refractivity contribution in [3.63, 3.8) is 0 Å². The summed E-state index contributed by atoms with van der Waals surface area (Å²) in [5.74, 6) is 1.78. The molecule has 0 spiro atoms. The molecule has 8 nitrogen and oxygen atoms in total. The number of piperidine rings is 1. The number of anilines is 2. The van der Waals surface area contributed by atoms with Gasteiger partial charge in [-0.05, 0) is 31.0 Å². The fraction of sp³-hybridized carbons (Fsp3) is 0.471. The Labute approximate surface area is 159 Å². The van der Waals surface area contributed by atoms with Crippen molar-refractivity contribution < 1.29 is 13.2 Å². The van der Waals surface area contributed by atoms with Crippen LogP contribution in [0.4, 0.5) is 24.9 Å². The van der Waals surface area contributed by atoms with Crippen LogP contribution in [-0.4, -0.2) is 57.0 Å². The normalized spacial score (nSPS) is 16.0. The van der Waals surface area contributed by atoms with Crippen molar-refractivity contribution in [2.75, 3.05) is 37.0 Å². The van der Waals surface area contributed by atoms with E-state index < -0.39 is 11.9 Å². The standard InChI is InChI=1S/C17H19F3N8/c1-26(2)14-4-3-13-23-24-15(28(13)25-14)11-6-9-27(10-7-11)16-21-8-5-12(22-16)17(18,19)20/h3-5,8,11H,6-7,9-10H2,1-2H3. The molecular formula is C17H19F3N8. The highest BCUT2D eigenvalue weighted by Gasteiger charge is 2.34. The van der Waals surface area contributed by atoms with Crippen LogP contribution >= 0.6 is 0 Å². The molecule has 0 unspecified atom stereocenters. The van der Waals surface area contributed by atoms with Crippen LogP contribution in [-0.2, 0) is 6.18 Å². The van der Waals surface area contributed by atoms with Gasteiger partial charge in [-0.15, -0.1) is 15.3 Å². The largest absolute Gasteiger partial charge is 0.433 e. The van der Waals surface area contributed by atoms with Crippen molar-refractivity contribution >= 4 is 17.4 Å². The van der Waals surface area contributed by atoms with Crippen LogP contribution in [0.2, 0.25) is 0 Å². The highest BCUT2D eigenvalue weighted by atomic mass is 19.4. The van der Waals surface area contributed by atoms with E-state index in [2.05, 4.69) is 25.3 Å². The van der Waals surface area contributed by atoms with E-state index in [4.69, 9.17) is 0 Å². The Hall–Kier alpha value is -2.98. The number of rotatable bonds is 3. The Morgan fingerprint density at radius 2 is 1.82 bits per heavy atom. The molecule has 0 N–H and O–H groups in total. The van der Waals surface area contributed by atoms with Crippen molar-refractivity contribution in [2.45, 2.75) is 24.9 Å². The summed E-state index contributed by atoms with van der Waals surface area (Å²) in [6.07, 6.45) is -1.93. The van der Waals surface area contributed by atoms with Crippen LogP contribution in [0.1, 0.15) is 30.3 Å². The summed E-state index contributed by atoms with van der Waals surface area (Å²) in [5, 5.41) is 13.1. The topological polar surface area (TPSA) is 75.3 Å². The zero-order valence-corrected chi connectivity index (χ0v) is 15.4. The number of hydrogen-bond acceptors (Lipinski definition) is 7. The summed E-state index contributed by atoms with van der Waals surface area (Å²) >= 11 is 0. The predicted molar refractivity (Wildman–Crippen MR) is 96.3 cm³/mol. The van der Waals surface area contributed by atoms with Gasteiger partial charge in [0.1, 0.15) is 11.5 Å². The van der Waals surface area contributed by atoms with Crippen molar-refractivity contribution in [2.24, 2.45) is 0 Å². The molecule has 1 aliphatic rings. The number of aromatic nitrogens is 6. The summed E-state index contributed by atoms with van der Waals surface area (Å²) in [6.45, 7) is 1.07. The summed E-state index contributed by atoms with van der Waals surface area (Å²) in [4.78, 5) is 11.4. The molecule has 0 bridgehead atoms. The zero-order valence-electron chi connectivity index (χ0n) is 15.4. The van der Waals surface area contributed by atoms with Gasteiger partial charge in [0.25, 0.3) is 0 Å². The molecule has 4 rings (SSSR count). The molecule has 28 heavy (non-hydrogen) atoms. The lowest BCUT2D eigenvalue weighted by molar-refractivity contribution is -0.141. The zero-order chi connectivity index (χ0) is 19.9. The van der Waals surface area contributed by atoms with E-state index in [9.17, 15) is 13.2 Å². The molecule has 3 aromatic heterocycles. The lowest BCUT2D eigenvalue weighted by Gasteiger charge is -2.31. The molecule has 1 fully saturated rings. The molecule has 1 aliphatic heterocycles. The first-order valence-corrected chi connectivity index (χ1v) is 8.88. The first-order valence-electron chi connectivity index (χ1n) is 8.88. The number of nitrogens with zero attached hydrogens (tertiary/aromatic N) is 8. The van der Waals surface area contributed by atoms with Gasteiger partial charge in [0.05, 0.1) is 0 Å². The van der Waals surface area contributed by atoms with Crippen molar-refractivity contribution in [1.82, 2.24) is 29.8 Å². The maximum Gasteiger partial charge on any atom is 0.433 e. The van der Waals surface area contributed by atoms with Crippen molar-refractivity contribution in [1.29, 1.82) is 0 Å². The Bertz CT molecular complexity index is 976. The third kappa shape index (κ3) is 3.43. The van der Waals surface area contributed by atoms with Gasteiger partial charge in [-0.1, -0.05) is 0 Å². The molecule has 0 radical (unpaired) electrons. The first-order chi connectivity index (χ1) is 13.3. The molecule has 0 saturated carbocycles. The third-order valence-corrected chi connectivity index (χ3v) is 4.81. The van der Waals surface area contributed by atoms with E-state index in [1.54, 1.807) is 9.42 Å². The predicted octanol–water partition coefficient (Wildman–Crippen LogP) is 2.38. The van der Waals surface area contributed by atoms with E-state index in [1.807, 2.05) is 31.1 Å². The first kappa shape index (κ1) is 18.4. The molecule has 3 aromatic rings. The number of alkyl halides is 3. The van der Waals surface area contributed by atoms with Crippen LogP contribution < -0.4 is 9.80 Å². The Kier molecular flexibility index (Phi) is 4.52. The summed E-state index contributed by atoms with van der Waals surface area (Å²) in [7, 11) is 3.82. The Morgan fingerprint density at radius 3 is 2.50 bits per heavy atom. The van der Waals surface area contributed by atoms with Gasteiger partial charge in [0, 0.05) is 39.3 Å². The third-order valence-electron chi connectivity index (χ3n) is 4.81. The molecule has 0 aliphatic carbocycles. The molecule has 148 valence electrons. The molecule has 1 saturated heterocycles. The smallest absolute Gasteiger partial charge is 0.361 e. The number of hydrogen-bond donors (Lipinski definition) is 0. The monoisotopic (exact) mass is 392 g/mol. The average Bonchev–Trinajstić information content (AvgIpc) is 3.11. The second-order valence-corrected chi connectivity index (χ2v) is 6.92. The second-order valence-electron chi connectivity index (χ2n) is 6.92. The van der Waals surface area contributed by atoms with Crippen LogP contribution in [0, 0.1) is 0 Å². The minimum absolute atomic E-state index is 0.104. The highest BCUT2D eigenvalue weighted by Crippen LogP contribution is 2.31. The summed E-state index contributed by atoms with van der Waals surface area (Å²) in [5.41, 5.74) is -0.257. The maximum atomic E-state index is 12.9. The van der Waals surface area contributed by atoms with Gasteiger partial charge in [0.2, 0.25) is 5.95 Å². The quantitative estimate of drug-likeness (QED) is 0.677. The van der Waals surface area contributed by atoms with E-state index in [0.717, 1.165) is 23.9 Å². The minimum Gasteiger partial charge on any atom is -0.361 e. The lowest BCUT2D eigenvalue weighted by atomic mass is 9.96. The van der Waals surface area contributed by atoms with Crippen LogP contribution in [0.5, 0.6) is 0 Å². The average molecular weight is 392 g/mol. The highest BCUT2D eigenvalue weighted by molar-refractivity contribution is 5.45. The van der Waals surface area contributed by atoms with Gasteiger partial charge >= 0.3 is 6.18 Å². The van der Waals surface area contributed by atoms with E-state index in [0.29, 0.717) is 31.6 Å². The molecule has 0 atom stereocenters. The lowest BCUT2D eigenvalue weighted by Crippen LogP contribution is -2.35. The molecule has 0 amide bonds. The molecular weight excluding hydrogens is 373 g/mol. The maximum absolute atomic E-state index is 12.9. The van der Waals surface area contributed by atoms with Gasteiger partial charge in [-0.25, -0.2) is 9.97 Å². The summed E-state index contributed by atoms with van der Waals surface area (Å²) < 4.78 is 40.4. The fourth-order valence-electron chi connectivity index (χ4n) is 3.29. The van der Waals surface area contributed by atoms with Gasteiger partial charge in [-0.2, -0.15) is 17.7 Å². The second kappa shape index (κ2) is 6.88. The van der Waals surface area contributed by atoms with Gasteiger partial charge < -0.3 is 9.80 Å². The number of halogens is 3. The Balaban J connectivity index is 1.52. The van der Waals surface area contributed by atoms with Gasteiger partial charge in [-0.3, -0.25) is 0 Å². The van der Waals surface area contributed by atoms with E-state index in [-0.39, 0.29) is 11.9 Å². The molecule has 11 heteroatoms. The summed E-state index contributed by atoms with van der Waals surface area (Å²) in [6, 6.07) is 4.62. The molecule has 4 heterocycles. The number of fused-ring (bicyclic) bond motifs is 1. The van der Waals surface area contributed by atoms with E-state index in [1.165, 1.54) is 0 Å². The van der Waals surface area contributed by atoms with Crippen LogP contribution in [0.15, 0.2) is 24.4 Å². The van der Waals surface area contributed by atoms with Crippen LogP contribution in [0.3, 0.4) is 0 Å². The molecule has 0 aromatic carbocycles. The minimum atomic E-state index is -4.48. The van der Waals surface area contributed by atoms with Crippen molar-refractivity contribution in [3.05, 3.63) is 35.9 Å². The Morgan fingerprint density at radius 1 is 1.07 bits per heavy atom. The van der Waals surface area contributed by atoms with E-state index >= 15 is 0 Å². The van der Waals surface area contributed by atoms with Crippen molar-refractivity contribution in [3.8, 4) is 0 Å². The SMILES string of the molecule is CN(C)c1ccc2nnc(C3CCN(c4nccc(C(F)(F)F)n4)CC3)n2n1. The fourth-order valence-corrected chi connectivity index (χ4v) is 3.29. The van der Waals surface area contributed by atoms with Gasteiger partial charge in [0.15, 0.2) is 11.5 Å².